The Morgan fingerprint density at radius 3 is 2.38 bits per heavy atom. The van der Waals surface area contributed by atoms with Crippen molar-refractivity contribution in [1.82, 2.24) is 0 Å². The number of carbonyl (C=O) groups is 1. The number of non-ortho nitro benzene ring substituents is 1. The van der Waals surface area contributed by atoms with Gasteiger partial charge in [0.25, 0.3) is 11.4 Å². The number of benzene rings is 2. The lowest BCUT2D eigenvalue weighted by atomic mass is 10.1. The number of anilines is 2. The predicted molar refractivity (Wildman–Crippen MR) is 94.6 cm³/mol. The van der Waals surface area contributed by atoms with Crippen LogP contribution in [0.3, 0.4) is 0 Å². The maximum Gasteiger partial charge on any atom is 0.340 e. The first-order valence-electron chi connectivity index (χ1n) is 7.75. The minimum atomic E-state index is -0.727. The summed E-state index contributed by atoms with van der Waals surface area (Å²) >= 11 is 0. The van der Waals surface area contributed by atoms with Crippen LogP contribution in [0.4, 0.5) is 22.7 Å². The molecule has 0 unspecified atom stereocenters. The standard InChI is InChI=1S/C17H17N3O6/c1-11(2)10-26-17(21)13-5-3-4-6-14(13)18-15-8-7-12(19(22)23)9-16(15)20(24)25/h3-9,11,18H,10H2,1-2H3. The second-order valence-electron chi connectivity index (χ2n) is 5.88. The minimum absolute atomic E-state index is 0.0321. The maximum absolute atomic E-state index is 12.2. The molecule has 0 aliphatic carbocycles. The van der Waals surface area contributed by atoms with Gasteiger partial charge in [0.2, 0.25) is 0 Å². The molecule has 0 aromatic heterocycles. The Hall–Kier alpha value is -3.49. The molecule has 0 fully saturated rings. The average molecular weight is 359 g/mol. The molecule has 0 bridgehead atoms. The molecule has 9 heteroatoms. The van der Waals surface area contributed by atoms with Gasteiger partial charge in [0.1, 0.15) is 5.69 Å². The van der Waals surface area contributed by atoms with Crippen molar-refractivity contribution in [3.05, 3.63) is 68.3 Å². The van der Waals surface area contributed by atoms with Gasteiger partial charge in [0.15, 0.2) is 0 Å². The second-order valence-corrected chi connectivity index (χ2v) is 5.88. The highest BCUT2D eigenvalue weighted by Gasteiger charge is 2.21. The average Bonchev–Trinajstić information content (AvgIpc) is 2.60. The summed E-state index contributed by atoms with van der Waals surface area (Å²) in [6, 6.07) is 9.63. The molecule has 136 valence electrons. The summed E-state index contributed by atoms with van der Waals surface area (Å²) in [5.41, 5.74) is -0.319. The van der Waals surface area contributed by atoms with Gasteiger partial charge in [-0.15, -0.1) is 0 Å². The molecule has 0 heterocycles. The fourth-order valence-electron chi connectivity index (χ4n) is 2.13. The number of nitrogens with zero attached hydrogens (tertiary/aromatic N) is 2. The molecule has 0 amide bonds. The first kappa shape index (κ1) is 18.8. The summed E-state index contributed by atoms with van der Waals surface area (Å²) in [6.45, 7) is 4.04. The number of rotatable bonds is 7. The Balaban J connectivity index is 2.36. The first-order chi connectivity index (χ1) is 12.3. The van der Waals surface area contributed by atoms with Crippen molar-refractivity contribution < 1.29 is 19.4 Å². The number of carbonyl (C=O) groups excluding carboxylic acids is 1. The van der Waals surface area contributed by atoms with Gasteiger partial charge in [-0.05, 0) is 24.1 Å². The van der Waals surface area contributed by atoms with Crippen molar-refractivity contribution in [3.63, 3.8) is 0 Å². The lowest BCUT2D eigenvalue weighted by Crippen LogP contribution is -2.12. The summed E-state index contributed by atoms with van der Waals surface area (Å²) in [5, 5.41) is 24.8. The van der Waals surface area contributed by atoms with Crippen LogP contribution < -0.4 is 5.32 Å². The molecular formula is C17H17N3O6. The molecule has 0 atom stereocenters. The second kappa shape index (κ2) is 8.06. The number of para-hydroxylation sites is 1. The Kier molecular flexibility index (Phi) is 5.84. The lowest BCUT2D eigenvalue weighted by Gasteiger charge is -2.13. The molecule has 1 N–H and O–H groups in total. The highest BCUT2D eigenvalue weighted by molar-refractivity contribution is 5.97. The van der Waals surface area contributed by atoms with Crippen molar-refractivity contribution >= 4 is 28.7 Å². The van der Waals surface area contributed by atoms with Crippen LogP contribution in [0.2, 0.25) is 0 Å². The third kappa shape index (κ3) is 4.53. The monoisotopic (exact) mass is 359 g/mol. The van der Waals surface area contributed by atoms with Gasteiger partial charge < -0.3 is 10.1 Å². The van der Waals surface area contributed by atoms with E-state index in [0.717, 1.165) is 12.1 Å². The number of hydrogen-bond donors (Lipinski definition) is 1. The van der Waals surface area contributed by atoms with E-state index in [2.05, 4.69) is 5.32 Å². The summed E-state index contributed by atoms with van der Waals surface area (Å²) in [5.74, 6) is -0.402. The Morgan fingerprint density at radius 2 is 1.77 bits per heavy atom. The van der Waals surface area contributed by atoms with Crippen LogP contribution in [0.15, 0.2) is 42.5 Å². The molecule has 0 spiro atoms. The fraction of sp³-hybridized carbons (Fsp3) is 0.235. The van der Waals surface area contributed by atoms with Crippen molar-refractivity contribution in [3.8, 4) is 0 Å². The third-order valence-corrected chi connectivity index (χ3v) is 3.35. The van der Waals surface area contributed by atoms with Crippen LogP contribution in [0.25, 0.3) is 0 Å². The van der Waals surface area contributed by atoms with Crippen molar-refractivity contribution in [2.24, 2.45) is 5.92 Å². The van der Waals surface area contributed by atoms with Gasteiger partial charge in [0.05, 0.1) is 33.8 Å². The zero-order valence-electron chi connectivity index (χ0n) is 14.2. The molecule has 2 rings (SSSR count). The number of esters is 1. The normalized spacial score (nSPS) is 10.4. The van der Waals surface area contributed by atoms with E-state index in [4.69, 9.17) is 4.74 Å². The molecule has 9 nitrogen and oxygen atoms in total. The van der Waals surface area contributed by atoms with Crippen LogP contribution in [0, 0.1) is 26.1 Å². The summed E-state index contributed by atoms with van der Waals surface area (Å²) in [6.07, 6.45) is 0. The molecule has 0 saturated heterocycles. The van der Waals surface area contributed by atoms with E-state index in [0.29, 0.717) is 5.69 Å². The molecule has 26 heavy (non-hydrogen) atoms. The van der Waals surface area contributed by atoms with E-state index in [-0.39, 0.29) is 23.8 Å². The minimum Gasteiger partial charge on any atom is -0.462 e. The smallest absolute Gasteiger partial charge is 0.340 e. The van der Waals surface area contributed by atoms with E-state index in [1.54, 1.807) is 18.2 Å². The molecule has 0 aliphatic heterocycles. The molecule has 0 radical (unpaired) electrons. The number of hydrogen-bond acceptors (Lipinski definition) is 7. The van der Waals surface area contributed by atoms with E-state index >= 15 is 0 Å². The van der Waals surface area contributed by atoms with Gasteiger partial charge in [-0.1, -0.05) is 26.0 Å². The number of nitro groups is 2. The van der Waals surface area contributed by atoms with Gasteiger partial charge in [0, 0.05) is 6.07 Å². The topological polar surface area (TPSA) is 125 Å². The van der Waals surface area contributed by atoms with Crippen LogP contribution in [-0.2, 0) is 4.74 Å². The number of nitro benzene ring substituents is 2. The first-order valence-corrected chi connectivity index (χ1v) is 7.75. The zero-order chi connectivity index (χ0) is 19.3. The van der Waals surface area contributed by atoms with Crippen LogP contribution in [0.1, 0.15) is 24.2 Å². The quantitative estimate of drug-likeness (QED) is 0.449. The van der Waals surface area contributed by atoms with Crippen LogP contribution >= 0.6 is 0 Å². The van der Waals surface area contributed by atoms with E-state index in [1.165, 1.54) is 12.1 Å². The predicted octanol–water partition coefficient (Wildman–Crippen LogP) is 4.06. The highest BCUT2D eigenvalue weighted by atomic mass is 16.6. The Labute approximate surface area is 148 Å². The Morgan fingerprint density at radius 1 is 1.08 bits per heavy atom. The van der Waals surface area contributed by atoms with Gasteiger partial charge in [-0.25, -0.2) is 4.79 Å². The zero-order valence-corrected chi connectivity index (χ0v) is 14.2. The van der Waals surface area contributed by atoms with E-state index in [1.807, 2.05) is 13.8 Å². The van der Waals surface area contributed by atoms with E-state index in [9.17, 15) is 25.0 Å². The van der Waals surface area contributed by atoms with Gasteiger partial charge in [-0.3, -0.25) is 20.2 Å². The molecule has 0 aliphatic rings. The van der Waals surface area contributed by atoms with Crippen molar-refractivity contribution in [2.75, 3.05) is 11.9 Å². The number of nitrogens with one attached hydrogen (secondary N) is 1. The lowest BCUT2D eigenvalue weighted by molar-refractivity contribution is -0.393. The van der Waals surface area contributed by atoms with Crippen molar-refractivity contribution in [2.45, 2.75) is 13.8 Å². The third-order valence-electron chi connectivity index (χ3n) is 3.35. The SMILES string of the molecule is CC(C)COC(=O)c1ccccc1Nc1ccc([N+](=O)[O-])cc1[N+](=O)[O-]. The summed E-state index contributed by atoms with van der Waals surface area (Å²) in [7, 11) is 0. The fourth-order valence-corrected chi connectivity index (χ4v) is 2.13. The molecule has 2 aromatic rings. The Bertz CT molecular complexity index is 850. The highest BCUT2D eigenvalue weighted by Crippen LogP contribution is 2.32. The van der Waals surface area contributed by atoms with Crippen LogP contribution in [0.5, 0.6) is 0 Å². The number of ether oxygens (including phenoxy) is 1. The van der Waals surface area contributed by atoms with Crippen molar-refractivity contribution in [1.29, 1.82) is 0 Å². The van der Waals surface area contributed by atoms with Gasteiger partial charge in [-0.2, -0.15) is 0 Å². The molecule has 0 saturated carbocycles. The maximum atomic E-state index is 12.2. The molecule has 2 aromatic carbocycles. The van der Waals surface area contributed by atoms with Crippen LogP contribution in [-0.4, -0.2) is 22.4 Å². The summed E-state index contributed by atoms with van der Waals surface area (Å²) < 4.78 is 5.19. The van der Waals surface area contributed by atoms with Gasteiger partial charge >= 0.3 is 5.97 Å². The molecular weight excluding hydrogens is 342 g/mol. The summed E-state index contributed by atoms with van der Waals surface area (Å²) in [4.78, 5) is 32.8. The largest absolute Gasteiger partial charge is 0.462 e. The van der Waals surface area contributed by atoms with E-state index < -0.39 is 27.2 Å².